The molecule has 0 radical (unpaired) electrons. The van der Waals surface area contributed by atoms with Crippen molar-refractivity contribution in [3.8, 4) is 0 Å². The van der Waals surface area contributed by atoms with Gasteiger partial charge in [-0.3, -0.25) is 0 Å². The van der Waals surface area contributed by atoms with Crippen molar-refractivity contribution in [2.75, 3.05) is 0 Å². The van der Waals surface area contributed by atoms with Crippen LogP contribution in [0.3, 0.4) is 0 Å². The van der Waals surface area contributed by atoms with Gasteiger partial charge in [0.25, 0.3) is 0 Å². The van der Waals surface area contributed by atoms with Gasteiger partial charge in [-0.1, -0.05) is 0 Å². The summed E-state index contributed by atoms with van der Waals surface area (Å²) in [6, 6.07) is 0. The van der Waals surface area contributed by atoms with E-state index in [-0.39, 0.29) is 59.1 Å². The predicted molar refractivity (Wildman–Crippen MR) is 53.7 cm³/mol. The first-order valence-corrected chi connectivity index (χ1v) is 6.94. The molecule has 0 aromatic rings. The third kappa shape index (κ3) is 55.2. The molecule has 0 aliphatic heterocycles. The monoisotopic (exact) mass is 324 g/mol. The van der Waals surface area contributed by atoms with E-state index >= 15 is 0 Å². The summed E-state index contributed by atoms with van der Waals surface area (Å²) in [6.07, 6.45) is 0. The molecule has 0 aromatic heterocycles. The molecule has 11 nitrogen and oxygen atoms in total. The fourth-order valence-corrected chi connectivity index (χ4v) is 1.25. The van der Waals surface area contributed by atoms with Crippen LogP contribution in [0, 0.1) is 0 Å². The molecule has 16 heavy (non-hydrogen) atoms. The van der Waals surface area contributed by atoms with Crippen molar-refractivity contribution in [2.45, 2.75) is 0 Å². The van der Waals surface area contributed by atoms with Gasteiger partial charge in [0.2, 0.25) is 0 Å². The first kappa shape index (κ1) is 26.8. The predicted octanol–water partition coefficient (Wildman–Crippen LogP) is -3.04. The Morgan fingerprint density at radius 3 is 0.750 bits per heavy atom. The van der Waals surface area contributed by atoms with Gasteiger partial charge >= 0.3 is 82.6 Å². The van der Waals surface area contributed by atoms with Crippen molar-refractivity contribution in [1.82, 2.24) is 0 Å². The van der Waals surface area contributed by atoms with Crippen molar-refractivity contribution in [3.05, 3.63) is 0 Å². The molecular weight excluding hydrogens is 315 g/mol. The molecule has 0 aliphatic rings. The van der Waals surface area contributed by atoms with Gasteiger partial charge in [0.1, 0.15) is 0 Å². The molecule has 0 bridgehead atoms. The Morgan fingerprint density at radius 2 is 0.750 bits per heavy atom. The van der Waals surface area contributed by atoms with Crippen molar-refractivity contribution in [2.24, 2.45) is 0 Å². The first-order valence-electron chi connectivity index (χ1n) is 2.31. The van der Waals surface area contributed by atoms with E-state index < -0.39 is 23.5 Å². The molecule has 0 aliphatic carbocycles. The van der Waals surface area contributed by atoms with Crippen molar-refractivity contribution in [3.63, 3.8) is 0 Å². The topological polar surface area (TPSA) is 202 Å². The molecule has 0 spiro atoms. The zero-order valence-electron chi connectivity index (χ0n) is 6.11. The van der Waals surface area contributed by atoms with Crippen LogP contribution in [0.25, 0.3) is 0 Å². The molecule has 0 saturated heterocycles. The van der Waals surface area contributed by atoms with Gasteiger partial charge in [-0.2, -0.15) is 4.31 Å². The number of phosphoric acid groups is 3. The summed E-state index contributed by atoms with van der Waals surface area (Å²) in [5.74, 6) is 0. The average molecular weight is 324 g/mol. The fraction of sp³-hybridized carbons (Fsp3) is 0. The second kappa shape index (κ2) is 10.2. The maximum absolute atomic E-state index is 9.63. The van der Waals surface area contributed by atoms with Crippen LogP contribution in [-0.2, 0) is 18.0 Å². The Morgan fingerprint density at radius 1 is 0.625 bits per heavy atom. The zero-order valence-corrected chi connectivity index (χ0v) is 8.79. The molecule has 0 fully saturated rings. The van der Waals surface area contributed by atoms with Gasteiger partial charge in [0, 0.05) is 0 Å². The second-order valence-electron chi connectivity index (χ2n) is 1.58. The first-order chi connectivity index (χ1) is 5.71. The summed E-state index contributed by atoms with van der Waals surface area (Å²) in [7, 11) is -14.7. The minimum atomic E-state index is -5.05. The molecule has 7 N–H and O–H groups in total. The summed E-state index contributed by atoms with van der Waals surface area (Å²) in [5.41, 5.74) is 0. The maximum atomic E-state index is 9.63. The fourth-order valence-electron chi connectivity index (χ4n) is 0.139. The number of hydrogen-bond acceptors (Lipinski definition) is 4. The molecule has 0 aromatic carbocycles. The standard InChI is InChI=1S/2Na.H4O7P2.H3O4P.2H/c;;1-8(2,3)7-9(4,5)6;1-5(2,3)4;;/h;;(H2,1,2,3)(H2,4,5,6);(H3,1,2,3,4);;. The van der Waals surface area contributed by atoms with Gasteiger partial charge in [-0.05, 0) is 0 Å². The third-order valence-electron chi connectivity index (χ3n) is 0.213. The number of hydrogen-bond donors (Lipinski definition) is 7. The van der Waals surface area contributed by atoms with E-state index in [0.717, 1.165) is 0 Å². The van der Waals surface area contributed by atoms with E-state index in [0.29, 0.717) is 0 Å². The van der Waals surface area contributed by atoms with E-state index in [1.807, 2.05) is 0 Å². The molecule has 16 heteroatoms. The van der Waals surface area contributed by atoms with Crippen LogP contribution < -0.4 is 0 Å². The summed E-state index contributed by atoms with van der Waals surface area (Å²) >= 11 is 0. The Balaban J connectivity index is -0.0000000904. The molecule has 0 amide bonds. The number of rotatable bonds is 2. The van der Waals surface area contributed by atoms with Crippen LogP contribution in [0.5, 0.6) is 0 Å². The van der Waals surface area contributed by atoms with E-state index in [9.17, 15) is 9.13 Å². The van der Waals surface area contributed by atoms with Crippen molar-refractivity contribution in [1.29, 1.82) is 0 Å². The van der Waals surface area contributed by atoms with E-state index in [1.165, 1.54) is 0 Å². The van der Waals surface area contributed by atoms with Crippen molar-refractivity contribution >= 4 is 82.6 Å². The SMILES string of the molecule is O=P(O)(O)O.O=P(O)(O)OP(=O)(O)O.[NaH].[NaH]. The summed E-state index contributed by atoms with van der Waals surface area (Å²) < 4.78 is 31.1. The van der Waals surface area contributed by atoms with Crippen LogP contribution >= 0.6 is 23.5 Å². The van der Waals surface area contributed by atoms with Gasteiger partial charge < -0.3 is 34.3 Å². The van der Waals surface area contributed by atoms with Gasteiger partial charge in [-0.25, -0.2) is 13.7 Å². The molecule has 0 atom stereocenters. The molecule has 0 rings (SSSR count). The zero-order chi connectivity index (χ0) is 12.2. The Hall–Kier alpha value is 2.37. The van der Waals surface area contributed by atoms with Crippen LogP contribution in [0.15, 0.2) is 0 Å². The van der Waals surface area contributed by atoms with Gasteiger partial charge in [0.05, 0.1) is 0 Å². The van der Waals surface area contributed by atoms with Gasteiger partial charge in [-0.15, -0.1) is 0 Å². The van der Waals surface area contributed by atoms with E-state index in [4.69, 9.17) is 38.8 Å². The van der Waals surface area contributed by atoms with E-state index in [1.54, 1.807) is 0 Å². The Labute approximate surface area is 134 Å². The third-order valence-corrected chi connectivity index (χ3v) is 1.91. The molecule has 0 heterocycles. The molecular formula is H9Na2O11P3. The van der Waals surface area contributed by atoms with Crippen molar-refractivity contribution < 1.29 is 52.3 Å². The second-order valence-corrected chi connectivity index (χ2v) is 5.22. The normalized spacial score (nSPS) is 11.4. The van der Waals surface area contributed by atoms with E-state index in [2.05, 4.69) is 4.31 Å². The quantitative estimate of drug-likeness (QED) is 0.201. The molecule has 0 unspecified atom stereocenters. The van der Waals surface area contributed by atoms with Crippen LogP contribution in [-0.4, -0.2) is 93.4 Å². The minimum absolute atomic E-state index is 0. The van der Waals surface area contributed by atoms with Gasteiger partial charge in [0.15, 0.2) is 0 Å². The van der Waals surface area contributed by atoms with Crippen LogP contribution in [0.4, 0.5) is 0 Å². The van der Waals surface area contributed by atoms with Crippen LogP contribution in [0.2, 0.25) is 0 Å². The summed E-state index contributed by atoms with van der Waals surface area (Å²) in [6.45, 7) is 0. The summed E-state index contributed by atoms with van der Waals surface area (Å²) in [5, 5.41) is 0. The summed E-state index contributed by atoms with van der Waals surface area (Å²) in [4.78, 5) is 52.6. The molecule has 92 valence electrons. The Bertz CT molecular complexity index is 262. The average Bonchev–Trinajstić information content (AvgIpc) is 1.42. The van der Waals surface area contributed by atoms with Crippen LogP contribution in [0.1, 0.15) is 0 Å². The molecule has 0 saturated carbocycles. The Kier molecular flexibility index (Phi) is 17.1.